The molecular formula is C11H22FN3O2. The van der Waals surface area contributed by atoms with Gasteiger partial charge in [0, 0.05) is 24.9 Å². The van der Waals surface area contributed by atoms with E-state index in [0.717, 1.165) is 25.0 Å². The fourth-order valence-corrected chi connectivity index (χ4v) is 1.36. The van der Waals surface area contributed by atoms with E-state index in [1.807, 2.05) is 0 Å². The summed E-state index contributed by atoms with van der Waals surface area (Å²) in [5.74, 6) is 5.94. The zero-order valence-electron chi connectivity index (χ0n) is 10.6. The molecule has 5 nitrogen and oxygen atoms in total. The second-order valence-electron chi connectivity index (χ2n) is 4.50. The van der Waals surface area contributed by atoms with Crippen LogP contribution in [0.4, 0.5) is 4.39 Å². The third kappa shape index (κ3) is 5.14. The zero-order chi connectivity index (χ0) is 13.6. The second kappa shape index (κ2) is 6.56. The maximum absolute atomic E-state index is 13.5. The lowest BCUT2D eigenvalue weighted by atomic mass is 10.0. The zero-order valence-corrected chi connectivity index (χ0v) is 10.6. The number of carbonyl (C=O) groups is 1. The number of hydrazine groups is 1. The average Bonchev–Trinajstić information content (AvgIpc) is 3.02. The van der Waals surface area contributed by atoms with Crippen molar-refractivity contribution in [2.45, 2.75) is 38.4 Å². The van der Waals surface area contributed by atoms with Crippen LogP contribution >= 0.6 is 0 Å². The highest BCUT2D eigenvalue weighted by molar-refractivity contribution is 5.60. The van der Waals surface area contributed by atoms with Crippen LogP contribution in [0.5, 0.6) is 0 Å². The normalized spacial score (nSPS) is 17.9. The molecule has 0 aromatic rings. The number of nitrogens with zero attached hydrogens (tertiary/aromatic N) is 1. The molecule has 0 radical (unpaired) electrons. The Kier molecular flexibility index (Phi) is 6.12. The van der Waals surface area contributed by atoms with Crippen LogP contribution in [-0.2, 0) is 4.79 Å². The molecule has 0 heterocycles. The van der Waals surface area contributed by atoms with Gasteiger partial charge in [-0.25, -0.2) is 10.2 Å². The quantitative estimate of drug-likeness (QED) is 0.369. The SMILES string of the molecule is CC(C)(F)C(C=O)N(N)/C=C(\N)C1CC1.CO. The van der Waals surface area contributed by atoms with Gasteiger partial charge in [0.15, 0.2) is 0 Å². The predicted octanol–water partition coefficient (Wildman–Crippen LogP) is 0.296. The molecule has 1 aliphatic rings. The predicted molar refractivity (Wildman–Crippen MR) is 64.2 cm³/mol. The summed E-state index contributed by atoms with van der Waals surface area (Å²) >= 11 is 0. The van der Waals surface area contributed by atoms with Crippen LogP contribution in [0.15, 0.2) is 11.9 Å². The topological polar surface area (TPSA) is 92.6 Å². The van der Waals surface area contributed by atoms with Crippen LogP contribution in [0.1, 0.15) is 26.7 Å². The van der Waals surface area contributed by atoms with Crippen LogP contribution < -0.4 is 11.6 Å². The Morgan fingerprint density at radius 2 is 2.00 bits per heavy atom. The maximum Gasteiger partial charge on any atom is 0.147 e. The van der Waals surface area contributed by atoms with Gasteiger partial charge in [-0.1, -0.05) is 0 Å². The van der Waals surface area contributed by atoms with Crippen molar-refractivity contribution in [2.75, 3.05) is 7.11 Å². The van der Waals surface area contributed by atoms with Gasteiger partial charge in [0.1, 0.15) is 18.0 Å². The number of hydrogen-bond acceptors (Lipinski definition) is 5. The number of carbonyl (C=O) groups excluding carboxylic acids is 1. The fourth-order valence-electron chi connectivity index (χ4n) is 1.36. The van der Waals surface area contributed by atoms with Crippen molar-refractivity contribution < 1.29 is 14.3 Å². The number of aliphatic hydroxyl groups excluding tert-OH is 1. The minimum Gasteiger partial charge on any atom is -0.401 e. The van der Waals surface area contributed by atoms with Gasteiger partial charge in [0.25, 0.3) is 0 Å². The van der Waals surface area contributed by atoms with E-state index in [4.69, 9.17) is 16.7 Å². The van der Waals surface area contributed by atoms with E-state index in [2.05, 4.69) is 0 Å². The molecule has 0 aromatic heterocycles. The van der Waals surface area contributed by atoms with Crippen molar-refractivity contribution in [1.29, 1.82) is 0 Å². The molecule has 5 N–H and O–H groups in total. The standard InChI is InChI=1S/C10H18FN3O.CH4O/c1-10(2,11)9(6-15)14(13)5-8(12)7-3-4-7;1-2/h5-7,9H,3-4,12-13H2,1-2H3;2H,1H3/b8-5-;. The summed E-state index contributed by atoms with van der Waals surface area (Å²) < 4.78 is 13.5. The van der Waals surface area contributed by atoms with Crippen LogP contribution in [0.25, 0.3) is 0 Å². The number of hydrogen-bond donors (Lipinski definition) is 3. The van der Waals surface area contributed by atoms with E-state index in [-0.39, 0.29) is 0 Å². The Morgan fingerprint density at radius 1 is 1.53 bits per heavy atom. The smallest absolute Gasteiger partial charge is 0.147 e. The van der Waals surface area contributed by atoms with Crippen molar-refractivity contribution in [2.24, 2.45) is 17.5 Å². The number of alkyl halides is 1. The van der Waals surface area contributed by atoms with Crippen molar-refractivity contribution in [3.63, 3.8) is 0 Å². The van der Waals surface area contributed by atoms with Gasteiger partial charge in [-0.05, 0) is 26.7 Å². The molecular weight excluding hydrogens is 225 g/mol. The number of halogens is 1. The summed E-state index contributed by atoms with van der Waals surface area (Å²) in [4.78, 5) is 10.7. The first-order chi connectivity index (χ1) is 7.86. The minimum atomic E-state index is -1.68. The summed E-state index contributed by atoms with van der Waals surface area (Å²) in [5, 5.41) is 8.06. The third-order valence-corrected chi connectivity index (χ3v) is 2.50. The molecule has 1 unspecified atom stereocenters. The van der Waals surface area contributed by atoms with Crippen molar-refractivity contribution in [3.05, 3.63) is 11.9 Å². The van der Waals surface area contributed by atoms with E-state index in [9.17, 15) is 9.18 Å². The van der Waals surface area contributed by atoms with Gasteiger partial charge in [-0.15, -0.1) is 0 Å². The molecule has 1 rings (SSSR count). The first-order valence-corrected chi connectivity index (χ1v) is 5.45. The highest BCUT2D eigenvalue weighted by Crippen LogP contribution is 2.34. The van der Waals surface area contributed by atoms with Crippen molar-refractivity contribution in [1.82, 2.24) is 5.01 Å². The van der Waals surface area contributed by atoms with E-state index < -0.39 is 11.7 Å². The van der Waals surface area contributed by atoms with Crippen LogP contribution in [0.2, 0.25) is 0 Å². The molecule has 0 aromatic carbocycles. The van der Waals surface area contributed by atoms with Gasteiger partial charge < -0.3 is 20.6 Å². The van der Waals surface area contributed by atoms with E-state index in [1.54, 1.807) is 0 Å². The molecule has 0 amide bonds. The number of allylic oxidation sites excluding steroid dienone is 1. The first-order valence-electron chi connectivity index (χ1n) is 5.45. The molecule has 1 atom stereocenters. The van der Waals surface area contributed by atoms with Crippen LogP contribution in [0.3, 0.4) is 0 Å². The lowest BCUT2D eigenvalue weighted by molar-refractivity contribution is -0.115. The average molecular weight is 247 g/mol. The number of aliphatic hydroxyl groups is 1. The van der Waals surface area contributed by atoms with Crippen LogP contribution in [-0.4, -0.2) is 35.2 Å². The molecule has 0 aliphatic heterocycles. The minimum absolute atomic E-state index is 0.353. The monoisotopic (exact) mass is 247 g/mol. The Labute approximate surface area is 101 Å². The van der Waals surface area contributed by atoms with Gasteiger partial charge >= 0.3 is 0 Å². The van der Waals surface area contributed by atoms with Gasteiger partial charge in [0.05, 0.1) is 0 Å². The second-order valence-corrected chi connectivity index (χ2v) is 4.50. The molecule has 17 heavy (non-hydrogen) atoms. The molecule has 6 heteroatoms. The van der Waals surface area contributed by atoms with Crippen molar-refractivity contribution in [3.8, 4) is 0 Å². The molecule has 1 fully saturated rings. The Morgan fingerprint density at radius 3 is 2.29 bits per heavy atom. The van der Waals surface area contributed by atoms with E-state index in [1.165, 1.54) is 20.0 Å². The molecule has 100 valence electrons. The lowest BCUT2D eigenvalue weighted by Gasteiger charge is -2.29. The fraction of sp³-hybridized carbons (Fsp3) is 0.727. The molecule has 0 bridgehead atoms. The summed E-state index contributed by atoms with van der Waals surface area (Å²) in [5.41, 5.74) is 4.65. The van der Waals surface area contributed by atoms with E-state index in [0.29, 0.717) is 17.9 Å². The van der Waals surface area contributed by atoms with Gasteiger partial charge in [-0.3, -0.25) is 0 Å². The summed E-state index contributed by atoms with van der Waals surface area (Å²) in [6, 6.07) is -1.00. The molecule has 0 spiro atoms. The largest absolute Gasteiger partial charge is 0.401 e. The summed E-state index contributed by atoms with van der Waals surface area (Å²) in [6.07, 6.45) is 4.04. The Bertz CT molecular complexity index is 272. The van der Waals surface area contributed by atoms with Gasteiger partial charge in [-0.2, -0.15) is 0 Å². The summed E-state index contributed by atoms with van der Waals surface area (Å²) in [6.45, 7) is 2.63. The van der Waals surface area contributed by atoms with Gasteiger partial charge in [0.2, 0.25) is 0 Å². The number of nitrogens with two attached hydrogens (primary N) is 2. The Balaban J connectivity index is 0.00000121. The van der Waals surface area contributed by atoms with Crippen LogP contribution in [0, 0.1) is 5.92 Å². The Hall–Kier alpha value is -1.14. The lowest BCUT2D eigenvalue weighted by Crippen LogP contribution is -2.49. The number of rotatable bonds is 5. The highest BCUT2D eigenvalue weighted by Gasteiger charge is 2.33. The molecule has 1 aliphatic carbocycles. The third-order valence-electron chi connectivity index (χ3n) is 2.50. The van der Waals surface area contributed by atoms with Crippen molar-refractivity contribution >= 4 is 6.29 Å². The molecule has 1 saturated carbocycles. The molecule has 0 saturated heterocycles. The highest BCUT2D eigenvalue weighted by atomic mass is 19.1. The maximum atomic E-state index is 13.5. The number of aldehydes is 1. The van der Waals surface area contributed by atoms with E-state index >= 15 is 0 Å². The summed E-state index contributed by atoms with van der Waals surface area (Å²) in [7, 11) is 1.00. The first kappa shape index (κ1) is 15.9.